The van der Waals surface area contributed by atoms with Crippen molar-refractivity contribution in [1.29, 1.82) is 0 Å². The molecule has 0 atom stereocenters. The van der Waals surface area contributed by atoms with Crippen LogP contribution in [0.25, 0.3) is 0 Å². The molecule has 0 radical (unpaired) electrons. The summed E-state index contributed by atoms with van der Waals surface area (Å²) in [4.78, 5) is 11.8. The van der Waals surface area contributed by atoms with E-state index >= 15 is 0 Å². The largest absolute Gasteiger partial charge is 0.322 e. The lowest BCUT2D eigenvalue weighted by Gasteiger charge is -2.19. The second kappa shape index (κ2) is 6.14. The molecule has 20 heavy (non-hydrogen) atoms. The average molecular weight is 287 g/mol. The van der Waals surface area contributed by atoms with Gasteiger partial charge in [0.2, 0.25) is 5.91 Å². The third-order valence-corrected chi connectivity index (χ3v) is 4.57. The fraction of sp³-hybridized carbons (Fsp3) is 0.235. The Morgan fingerprint density at radius 2 is 1.70 bits per heavy atom. The third kappa shape index (κ3) is 4.14. The molecule has 106 valence electrons. The third-order valence-electron chi connectivity index (χ3n) is 3.04. The van der Waals surface area contributed by atoms with Gasteiger partial charge in [-0.1, -0.05) is 45.1 Å². The van der Waals surface area contributed by atoms with Crippen LogP contribution in [0, 0.1) is 0 Å². The van der Waals surface area contributed by atoms with Gasteiger partial charge >= 0.3 is 0 Å². The van der Waals surface area contributed by atoms with Crippen LogP contribution in [0.5, 0.6) is 0 Å². The molecule has 0 aromatic heterocycles. The highest BCUT2D eigenvalue weighted by atomic mass is 32.2. The first-order valence-corrected chi connectivity index (χ1v) is 8.22. The van der Waals surface area contributed by atoms with Crippen molar-refractivity contribution >= 4 is 22.5 Å². The van der Waals surface area contributed by atoms with Gasteiger partial charge in [-0.15, -0.1) is 0 Å². The monoisotopic (exact) mass is 287 g/mol. The summed E-state index contributed by atoms with van der Waals surface area (Å²) in [6.45, 7) is 6.52. The van der Waals surface area contributed by atoms with Gasteiger partial charge < -0.3 is 5.32 Å². The van der Waals surface area contributed by atoms with Crippen molar-refractivity contribution in [2.75, 3.05) is 5.32 Å². The second-order valence-corrected chi connectivity index (χ2v) is 7.55. The lowest BCUT2D eigenvalue weighted by molar-refractivity contribution is -0.111. The van der Waals surface area contributed by atoms with E-state index in [1.807, 2.05) is 29.7 Å². The Hall–Kier alpha value is -1.74. The van der Waals surface area contributed by atoms with E-state index in [1.54, 1.807) is 6.08 Å². The summed E-state index contributed by atoms with van der Waals surface area (Å²) >= 11 is 0. The highest BCUT2D eigenvalue weighted by molar-refractivity contribution is 8.24. The molecule has 0 spiro atoms. The highest BCUT2D eigenvalue weighted by Gasteiger charge is 2.12. The van der Waals surface area contributed by atoms with Crippen molar-refractivity contribution in [2.45, 2.75) is 26.2 Å². The van der Waals surface area contributed by atoms with Gasteiger partial charge in [0.1, 0.15) is 0 Å². The number of rotatable bonds is 3. The molecule has 0 saturated heterocycles. The van der Waals surface area contributed by atoms with Crippen molar-refractivity contribution in [3.05, 3.63) is 64.3 Å². The van der Waals surface area contributed by atoms with E-state index in [9.17, 15) is 4.79 Å². The van der Waals surface area contributed by atoms with Crippen LogP contribution in [0.3, 0.4) is 0 Å². The van der Waals surface area contributed by atoms with Crippen LogP contribution in [0.15, 0.2) is 58.7 Å². The molecule has 1 aliphatic rings. The normalized spacial score (nSPS) is 16.1. The Kier molecular flexibility index (Phi) is 4.50. The number of carbonyl (C=O) groups excluding carboxylic acids is 1. The summed E-state index contributed by atoms with van der Waals surface area (Å²) in [5.41, 5.74) is 2.22. The molecular weight excluding hydrogens is 266 g/mol. The molecule has 0 aliphatic carbocycles. The smallest absolute Gasteiger partial charge is 0.248 e. The van der Waals surface area contributed by atoms with Crippen LogP contribution in [0.1, 0.15) is 26.3 Å². The zero-order valence-corrected chi connectivity index (χ0v) is 13.0. The first-order valence-electron chi connectivity index (χ1n) is 6.67. The van der Waals surface area contributed by atoms with Crippen molar-refractivity contribution in [1.82, 2.24) is 0 Å². The average Bonchev–Trinajstić information content (AvgIpc) is 2.89. The van der Waals surface area contributed by atoms with Gasteiger partial charge in [-0.2, -0.15) is 10.9 Å². The zero-order valence-electron chi connectivity index (χ0n) is 12.1. The minimum Gasteiger partial charge on any atom is -0.322 e. The second-order valence-electron chi connectivity index (χ2n) is 5.76. The molecule has 0 bridgehead atoms. The molecule has 1 aliphatic heterocycles. The first-order chi connectivity index (χ1) is 9.45. The van der Waals surface area contributed by atoms with Crippen molar-refractivity contribution < 1.29 is 4.79 Å². The van der Waals surface area contributed by atoms with Crippen LogP contribution in [0.4, 0.5) is 5.69 Å². The number of carbonyl (C=O) groups is 1. The molecule has 1 N–H and O–H groups in total. The molecule has 2 nitrogen and oxygen atoms in total. The molecule has 1 heterocycles. The Labute approximate surface area is 123 Å². The molecule has 2 rings (SSSR count). The lowest BCUT2D eigenvalue weighted by atomic mass is 9.87. The zero-order chi connectivity index (χ0) is 14.6. The van der Waals surface area contributed by atoms with Gasteiger partial charge in [-0.25, -0.2) is 0 Å². The predicted molar refractivity (Wildman–Crippen MR) is 90.2 cm³/mol. The lowest BCUT2D eigenvalue weighted by Crippen LogP contribution is -2.12. The minimum atomic E-state index is -0.375. The quantitative estimate of drug-likeness (QED) is 0.623. The fourth-order valence-electron chi connectivity index (χ4n) is 1.84. The van der Waals surface area contributed by atoms with Gasteiger partial charge in [0.15, 0.2) is 0 Å². The Bertz CT molecular complexity index is 550. The Morgan fingerprint density at radius 1 is 1.10 bits per heavy atom. The number of thiol groups is 1. The molecule has 1 amide bonds. The van der Waals surface area contributed by atoms with E-state index in [-0.39, 0.29) is 22.2 Å². The number of hydrogen-bond acceptors (Lipinski definition) is 1. The molecule has 1 aromatic rings. The van der Waals surface area contributed by atoms with E-state index in [0.717, 1.165) is 5.69 Å². The maximum absolute atomic E-state index is 11.8. The summed E-state index contributed by atoms with van der Waals surface area (Å²) in [7, 11) is -0.375. The number of anilines is 1. The number of allylic oxidation sites excluding steroid dienone is 2. The van der Waals surface area contributed by atoms with Gasteiger partial charge in [0, 0.05) is 11.8 Å². The summed E-state index contributed by atoms with van der Waals surface area (Å²) in [5, 5.41) is 9.05. The Morgan fingerprint density at radius 3 is 2.25 bits per heavy atom. The topological polar surface area (TPSA) is 29.1 Å². The SMILES string of the molecule is CC(C)(C)c1ccc(NC(=O)C=C[SH]2C=CC=C2)cc1. The van der Waals surface area contributed by atoms with Gasteiger partial charge in [0.05, 0.1) is 0 Å². The summed E-state index contributed by atoms with van der Waals surface area (Å²) in [6, 6.07) is 8.03. The fourth-order valence-corrected chi connectivity index (χ4v) is 3.04. The van der Waals surface area contributed by atoms with E-state index in [2.05, 4.69) is 49.0 Å². The standard InChI is InChI=1S/C17H21NOS/c1-17(2,3)14-6-8-15(9-7-14)18-16(19)10-13-20-11-4-5-12-20/h4-13,20H,1-3H3,(H,18,19). The summed E-state index contributed by atoms with van der Waals surface area (Å²) in [5.74, 6) is -0.0790. The predicted octanol–water partition coefficient (Wildman–Crippen LogP) is 4.48. The Balaban J connectivity index is 1.94. The van der Waals surface area contributed by atoms with Crippen molar-refractivity contribution in [2.24, 2.45) is 0 Å². The van der Waals surface area contributed by atoms with Crippen LogP contribution < -0.4 is 5.32 Å². The number of benzene rings is 1. The maximum Gasteiger partial charge on any atom is 0.248 e. The van der Waals surface area contributed by atoms with Gasteiger partial charge in [-0.3, -0.25) is 4.79 Å². The molecule has 0 saturated carbocycles. The number of nitrogens with one attached hydrogen (secondary N) is 1. The molecule has 0 unspecified atom stereocenters. The molecular formula is C17H21NOS. The molecule has 1 aromatic carbocycles. The number of amides is 1. The van der Waals surface area contributed by atoms with Crippen molar-refractivity contribution in [3.8, 4) is 0 Å². The van der Waals surface area contributed by atoms with E-state index < -0.39 is 0 Å². The van der Waals surface area contributed by atoms with Crippen LogP contribution in [0.2, 0.25) is 0 Å². The van der Waals surface area contributed by atoms with Gasteiger partial charge in [-0.05, 0) is 39.3 Å². The van der Waals surface area contributed by atoms with Gasteiger partial charge in [0.25, 0.3) is 0 Å². The molecule has 0 fully saturated rings. The van der Waals surface area contributed by atoms with Crippen LogP contribution in [-0.4, -0.2) is 5.91 Å². The highest BCUT2D eigenvalue weighted by Crippen LogP contribution is 2.33. The van der Waals surface area contributed by atoms with E-state index in [0.29, 0.717) is 0 Å². The number of hydrogen-bond donors (Lipinski definition) is 2. The maximum atomic E-state index is 11.8. The minimum absolute atomic E-state index is 0.0790. The van der Waals surface area contributed by atoms with E-state index in [1.165, 1.54) is 5.56 Å². The molecule has 3 heteroatoms. The first kappa shape index (κ1) is 14.7. The van der Waals surface area contributed by atoms with Crippen LogP contribution in [-0.2, 0) is 10.2 Å². The van der Waals surface area contributed by atoms with Crippen LogP contribution >= 0.6 is 10.9 Å². The van der Waals surface area contributed by atoms with E-state index in [4.69, 9.17) is 0 Å². The van der Waals surface area contributed by atoms with Crippen molar-refractivity contribution in [3.63, 3.8) is 0 Å². The summed E-state index contributed by atoms with van der Waals surface area (Å²) < 4.78 is 0. The summed E-state index contributed by atoms with van der Waals surface area (Å²) in [6.07, 6.45) is 5.64.